The summed E-state index contributed by atoms with van der Waals surface area (Å²) in [5.41, 5.74) is 3.13. The van der Waals surface area contributed by atoms with Gasteiger partial charge in [0.25, 0.3) is 5.91 Å². The van der Waals surface area contributed by atoms with E-state index in [1.54, 1.807) is 31.3 Å². The fourth-order valence-electron chi connectivity index (χ4n) is 2.59. The number of nitrogens with one attached hydrogen (secondary N) is 2. The molecular formula is C19H14Cl2N4O2. The first kappa shape index (κ1) is 18.8. The summed E-state index contributed by atoms with van der Waals surface area (Å²) >= 11 is 12.0. The van der Waals surface area contributed by atoms with Gasteiger partial charge in [-0.15, -0.1) is 6.42 Å². The van der Waals surface area contributed by atoms with Crippen molar-refractivity contribution in [1.82, 2.24) is 15.3 Å². The Morgan fingerprint density at radius 3 is 2.63 bits per heavy atom. The van der Waals surface area contributed by atoms with Crippen molar-refractivity contribution in [3.63, 3.8) is 0 Å². The number of aromatic nitrogens is 2. The van der Waals surface area contributed by atoms with E-state index < -0.39 is 0 Å². The number of carbonyl (C=O) groups excluding carboxylic acids is 1. The number of phenolic OH excluding ortho intramolecular Hbond substituents is 1. The standard InChI is InChI=1S/C19H14Cl2N4O2/c1-3-6-23-19(27)11-9-24-15-5-4-14(25-17(15)16(11)22-2)10-7-12(20)18(26)13(21)8-10/h1,4-5,7-9,26H,6H2,2H3,(H,22,24)(H,23,27). The number of nitrogens with zero attached hydrogens (tertiary/aromatic N) is 2. The molecule has 136 valence electrons. The number of fused-ring (bicyclic) bond motifs is 1. The molecule has 0 saturated heterocycles. The van der Waals surface area contributed by atoms with Crippen LogP contribution in [0.5, 0.6) is 5.75 Å². The summed E-state index contributed by atoms with van der Waals surface area (Å²) in [6, 6.07) is 6.65. The van der Waals surface area contributed by atoms with Gasteiger partial charge in [0.15, 0.2) is 5.75 Å². The average Bonchev–Trinajstić information content (AvgIpc) is 2.68. The molecule has 6 nitrogen and oxygen atoms in total. The van der Waals surface area contributed by atoms with Crippen LogP contribution in [0.15, 0.2) is 30.5 Å². The highest BCUT2D eigenvalue weighted by molar-refractivity contribution is 6.37. The molecular weight excluding hydrogens is 387 g/mol. The number of benzene rings is 1. The van der Waals surface area contributed by atoms with Crippen molar-refractivity contribution in [2.45, 2.75) is 0 Å². The number of hydrogen-bond donors (Lipinski definition) is 3. The zero-order chi connectivity index (χ0) is 19.6. The van der Waals surface area contributed by atoms with E-state index in [9.17, 15) is 9.90 Å². The highest BCUT2D eigenvalue weighted by Gasteiger charge is 2.17. The maximum Gasteiger partial charge on any atom is 0.255 e. The van der Waals surface area contributed by atoms with Crippen LogP contribution >= 0.6 is 23.2 Å². The van der Waals surface area contributed by atoms with Crippen molar-refractivity contribution in [2.75, 3.05) is 18.9 Å². The normalized spacial score (nSPS) is 10.4. The highest BCUT2D eigenvalue weighted by Crippen LogP contribution is 2.36. The highest BCUT2D eigenvalue weighted by atomic mass is 35.5. The number of amides is 1. The van der Waals surface area contributed by atoms with Crippen LogP contribution in [0.4, 0.5) is 5.69 Å². The van der Waals surface area contributed by atoms with E-state index in [-0.39, 0.29) is 28.2 Å². The Balaban J connectivity index is 2.16. The summed E-state index contributed by atoms with van der Waals surface area (Å²) < 4.78 is 0. The first-order chi connectivity index (χ1) is 13.0. The average molecular weight is 401 g/mol. The molecule has 2 aromatic heterocycles. The summed E-state index contributed by atoms with van der Waals surface area (Å²) in [4.78, 5) is 21.2. The molecule has 0 saturated carbocycles. The van der Waals surface area contributed by atoms with Crippen LogP contribution in [-0.2, 0) is 0 Å². The number of terminal acetylenes is 1. The quantitative estimate of drug-likeness (QED) is 0.581. The van der Waals surface area contributed by atoms with Crippen molar-refractivity contribution in [1.29, 1.82) is 0 Å². The summed E-state index contributed by atoms with van der Waals surface area (Å²) in [5.74, 6) is 1.82. The number of carbonyl (C=O) groups is 1. The number of pyridine rings is 2. The van der Waals surface area contributed by atoms with Gasteiger partial charge in [-0.1, -0.05) is 29.1 Å². The van der Waals surface area contributed by atoms with Gasteiger partial charge in [-0.2, -0.15) is 0 Å². The van der Waals surface area contributed by atoms with Gasteiger partial charge >= 0.3 is 0 Å². The van der Waals surface area contributed by atoms with E-state index in [2.05, 4.69) is 26.5 Å². The lowest BCUT2D eigenvalue weighted by molar-refractivity contribution is 0.0959. The molecule has 3 aromatic rings. The molecule has 3 rings (SSSR count). The minimum atomic E-state index is -0.352. The second-order valence-electron chi connectivity index (χ2n) is 5.54. The third-order valence-corrected chi connectivity index (χ3v) is 4.45. The molecule has 0 fully saturated rings. The van der Waals surface area contributed by atoms with E-state index in [0.29, 0.717) is 33.5 Å². The van der Waals surface area contributed by atoms with Crippen LogP contribution in [0.3, 0.4) is 0 Å². The zero-order valence-corrected chi connectivity index (χ0v) is 15.7. The number of halogens is 2. The topological polar surface area (TPSA) is 87.1 Å². The Morgan fingerprint density at radius 2 is 2.00 bits per heavy atom. The van der Waals surface area contributed by atoms with Gasteiger partial charge in [-0.3, -0.25) is 9.78 Å². The van der Waals surface area contributed by atoms with E-state index in [1.807, 2.05) is 0 Å². The van der Waals surface area contributed by atoms with Crippen molar-refractivity contribution in [3.05, 3.63) is 46.1 Å². The van der Waals surface area contributed by atoms with Gasteiger partial charge in [0.1, 0.15) is 5.52 Å². The summed E-state index contributed by atoms with van der Waals surface area (Å²) in [6.45, 7) is 0.109. The molecule has 27 heavy (non-hydrogen) atoms. The Morgan fingerprint density at radius 1 is 1.30 bits per heavy atom. The molecule has 0 aliphatic carbocycles. The summed E-state index contributed by atoms with van der Waals surface area (Å²) in [6.07, 6.45) is 6.66. The molecule has 2 heterocycles. The number of rotatable bonds is 4. The van der Waals surface area contributed by atoms with Crippen LogP contribution in [0.25, 0.3) is 22.3 Å². The first-order valence-electron chi connectivity index (χ1n) is 7.83. The second kappa shape index (κ2) is 7.70. The van der Waals surface area contributed by atoms with Crippen LogP contribution in [0.1, 0.15) is 10.4 Å². The zero-order valence-electron chi connectivity index (χ0n) is 14.2. The van der Waals surface area contributed by atoms with Gasteiger partial charge in [0, 0.05) is 18.8 Å². The molecule has 1 aromatic carbocycles. The molecule has 1 amide bonds. The molecule has 0 bridgehead atoms. The minimum Gasteiger partial charge on any atom is -0.505 e. The number of anilines is 1. The second-order valence-corrected chi connectivity index (χ2v) is 6.35. The molecule has 0 aliphatic heterocycles. The Hall–Kier alpha value is -3.01. The molecule has 0 unspecified atom stereocenters. The van der Waals surface area contributed by atoms with Crippen molar-refractivity contribution in [2.24, 2.45) is 0 Å². The van der Waals surface area contributed by atoms with Gasteiger partial charge < -0.3 is 15.7 Å². The molecule has 0 aliphatic rings. The minimum absolute atomic E-state index is 0.109. The first-order valence-corrected chi connectivity index (χ1v) is 8.59. The molecule has 0 spiro atoms. The molecule has 0 atom stereocenters. The van der Waals surface area contributed by atoms with Crippen molar-refractivity contribution >= 4 is 45.8 Å². The third kappa shape index (κ3) is 3.61. The van der Waals surface area contributed by atoms with Crippen LogP contribution in [0.2, 0.25) is 10.0 Å². The van der Waals surface area contributed by atoms with Crippen LogP contribution in [0, 0.1) is 12.3 Å². The van der Waals surface area contributed by atoms with Gasteiger partial charge in [0.2, 0.25) is 0 Å². The number of phenols is 1. The van der Waals surface area contributed by atoms with E-state index >= 15 is 0 Å². The van der Waals surface area contributed by atoms with Crippen molar-refractivity contribution < 1.29 is 9.90 Å². The van der Waals surface area contributed by atoms with Crippen molar-refractivity contribution in [3.8, 4) is 29.4 Å². The lowest BCUT2D eigenvalue weighted by Crippen LogP contribution is -2.24. The molecule has 8 heteroatoms. The van der Waals surface area contributed by atoms with Gasteiger partial charge in [-0.05, 0) is 24.3 Å². The van der Waals surface area contributed by atoms with Gasteiger partial charge in [0.05, 0.1) is 39.1 Å². The van der Waals surface area contributed by atoms with E-state index in [1.165, 1.54) is 6.20 Å². The SMILES string of the molecule is C#CCNC(=O)c1cnc2ccc(-c3cc(Cl)c(O)c(Cl)c3)nc2c1NC. The van der Waals surface area contributed by atoms with Crippen LogP contribution < -0.4 is 10.6 Å². The number of aromatic hydroxyl groups is 1. The maximum atomic E-state index is 12.3. The fourth-order valence-corrected chi connectivity index (χ4v) is 3.08. The summed E-state index contributed by atoms with van der Waals surface area (Å²) in [5, 5.41) is 15.6. The van der Waals surface area contributed by atoms with E-state index in [0.717, 1.165) is 0 Å². The molecule has 3 N–H and O–H groups in total. The largest absolute Gasteiger partial charge is 0.505 e. The van der Waals surface area contributed by atoms with E-state index in [4.69, 9.17) is 29.6 Å². The fraction of sp³-hybridized carbons (Fsp3) is 0.105. The van der Waals surface area contributed by atoms with Crippen LogP contribution in [-0.4, -0.2) is 34.6 Å². The van der Waals surface area contributed by atoms with Gasteiger partial charge in [-0.25, -0.2) is 4.98 Å². The predicted octanol–water partition coefficient (Wildman–Crippen LogP) is 3.71. The molecule has 0 radical (unpaired) electrons. The Kier molecular flexibility index (Phi) is 5.36. The predicted molar refractivity (Wildman–Crippen MR) is 107 cm³/mol. The maximum absolute atomic E-state index is 12.3. The smallest absolute Gasteiger partial charge is 0.255 e. The summed E-state index contributed by atoms with van der Waals surface area (Å²) in [7, 11) is 1.69. The number of hydrogen-bond acceptors (Lipinski definition) is 5. The Labute approximate surface area is 165 Å². The lowest BCUT2D eigenvalue weighted by Gasteiger charge is -2.12. The Bertz CT molecular complexity index is 1070. The monoisotopic (exact) mass is 400 g/mol. The third-order valence-electron chi connectivity index (χ3n) is 3.87. The lowest BCUT2D eigenvalue weighted by atomic mass is 10.1.